The maximum Gasteiger partial charge on any atom is 0.317 e. The van der Waals surface area contributed by atoms with Gasteiger partial charge in [0.15, 0.2) is 0 Å². The van der Waals surface area contributed by atoms with Crippen molar-refractivity contribution in [3.05, 3.63) is 42.2 Å². The van der Waals surface area contributed by atoms with E-state index >= 15 is 0 Å². The highest BCUT2D eigenvalue weighted by Gasteiger charge is 2.16. The summed E-state index contributed by atoms with van der Waals surface area (Å²) in [5.74, 6) is 0.750. The molecule has 2 amide bonds. The first-order valence-corrected chi connectivity index (χ1v) is 7.55. The molecule has 0 radical (unpaired) electrons. The van der Waals surface area contributed by atoms with E-state index in [0.717, 1.165) is 17.0 Å². The van der Waals surface area contributed by atoms with Gasteiger partial charge in [-0.1, -0.05) is 12.1 Å². The third-order valence-electron chi connectivity index (χ3n) is 3.71. The second-order valence-electron chi connectivity index (χ2n) is 5.22. The first kappa shape index (κ1) is 15.4. The van der Waals surface area contributed by atoms with E-state index in [1.807, 2.05) is 30.5 Å². The van der Waals surface area contributed by atoms with E-state index in [1.165, 1.54) is 0 Å². The molecule has 0 aliphatic carbocycles. The van der Waals surface area contributed by atoms with E-state index in [2.05, 4.69) is 10.4 Å². The number of carbonyl (C=O) groups excluding carboxylic acids is 1. The molecule has 2 heterocycles. The summed E-state index contributed by atoms with van der Waals surface area (Å²) in [6.07, 6.45) is 3.63. The molecule has 7 nitrogen and oxygen atoms in total. The van der Waals surface area contributed by atoms with Gasteiger partial charge in [0.2, 0.25) is 0 Å². The number of morpholine rings is 1. The van der Waals surface area contributed by atoms with Gasteiger partial charge in [0.1, 0.15) is 11.4 Å². The van der Waals surface area contributed by atoms with Gasteiger partial charge in [-0.15, -0.1) is 0 Å². The highest BCUT2D eigenvalue weighted by molar-refractivity contribution is 5.74. The van der Waals surface area contributed by atoms with Crippen molar-refractivity contribution in [1.29, 1.82) is 0 Å². The number of carbonyl (C=O) groups is 1. The minimum atomic E-state index is -0.0710. The minimum absolute atomic E-state index is 0.0710. The first-order valence-electron chi connectivity index (χ1n) is 7.55. The molecule has 0 saturated carbocycles. The Labute approximate surface area is 134 Å². The van der Waals surface area contributed by atoms with Crippen molar-refractivity contribution in [2.75, 3.05) is 33.4 Å². The number of urea groups is 1. The Balaban J connectivity index is 1.62. The number of rotatable bonds is 4. The van der Waals surface area contributed by atoms with Crippen LogP contribution in [0.25, 0.3) is 5.69 Å². The number of nitrogens with zero attached hydrogens (tertiary/aromatic N) is 3. The maximum absolute atomic E-state index is 12.1. The SMILES string of the molecule is COc1ccccc1-n1cc(CNC(=O)N2CCOCC2)cn1. The molecular weight excluding hydrogens is 296 g/mol. The van der Waals surface area contributed by atoms with Crippen molar-refractivity contribution in [2.45, 2.75) is 6.54 Å². The molecule has 23 heavy (non-hydrogen) atoms. The van der Waals surface area contributed by atoms with Gasteiger partial charge >= 0.3 is 6.03 Å². The van der Waals surface area contributed by atoms with Gasteiger partial charge < -0.3 is 19.7 Å². The molecule has 2 aromatic rings. The first-order chi connectivity index (χ1) is 11.3. The molecule has 1 aromatic carbocycles. The van der Waals surface area contributed by atoms with E-state index in [1.54, 1.807) is 22.9 Å². The molecule has 1 N–H and O–H groups in total. The fourth-order valence-corrected chi connectivity index (χ4v) is 2.46. The van der Waals surface area contributed by atoms with Gasteiger partial charge in [0, 0.05) is 31.4 Å². The number of amides is 2. The minimum Gasteiger partial charge on any atom is -0.494 e. The summed E-state index contributed by atoms with van der Waals surface area (Å²) in [5, 5.41) is 7.25. The van der Waals surface area contributed by atoms with E-state index in [-0.39, 0.29) is 6.03 Å². The Morgan fingerprint density at radius 1 is 1.35 bits per heavy atom. The number of hydrogen-bond donors (Lipinski definition) is 1. The lowest BCUT2D eigenvalue weighted by Crippen LogP contribution is -2.45. The standard InChI is InChI=1S/C16H20N4O3/c1-22-15-5-3-2-4-14(15)20-12-13(11-18-20)10-17-16(21)19-6-8-23-9-7-19/h2-5,11-12H,6-10H2,1H3,(H,17,21). The van der Waals surface area contributed by atoms with E-state index in [0.29, 0.717) is 32.8 Å². The van der Waals surface area contributed by atoms with Crippen LogP contribution < -0.4 is 10.1 Å². The van der Waals surface area contributed by atoms with Crippen molar-refractivity contribution in [2.24, 2.45) is 0 Å². The maximum atomic E-state index is 12.1. The van der Waals surface area contributed by atoms with Crippen LogP contribution in [0.4, 0.5) is 4.79 Å². The molecule has 0 bridgehead atoms. The number of nitrogens with one attached hydrogen (secondary N) is 1. The van der Waals surface area contributed by atoms with Crippen LogP contribution in [0.15, 0.2) is 36.7 Å². The summed E-state index contributed by atoms with van der Waals surface area (Å²) < 4.78 is 12.3. The predicted octanol–water partition coefficient (Wildman–Crippen LogP) is 1.42. The van der Waals surface area contributed by atoms with Crippen molar-refractivity contribution >= 4 is 6.03 Å². The molecule has 0 atom stereocenters. The second kappa shape index (κ2) is 7.15. The molecule has 1 aliphatic rings. The van der Waals surface area contributed by atoms with Gasteiger partial charge in [0.05, 0.1) is 26.5 Å². The van der Waals surface area contributed by atoms with Crippen LogP contribution >= 0.6 is 0 Å². The van der Waals surface area contributed by atoms with Gasteiger partial charge in [-0.3, -0.25) is 0 Å². The monoisotopic (exact) mass is 316 g/mol. The highest BCUT2D eigenvalue weighted by Crippen LogP contribution is 2.21. The normalized spacial score (nSPS) is 14.6. The van der Waals surface area contributed by atoms with Crippen molar-refractivity contribution in [3.8, 4) is 11.4 Å². The number of benzene rings is 1. The zero-order valence-electron chi connectivity index (χ0n) is 13.1. The quantitative estimate of drug-likeness (QED) is 0.926. The average molecular weight is 316 g/mol. The van der Waals surface area contributed by atoms with E-state index in [4.69, 9.17) is 9.47 Å². The summed E-state index contributed by atoms with van der Waals surface area (Å²) in [7, 11) is 1.63. The number of methoxy groups -OCH3 is 1. The summed E-state index contributed by atoms with van der Waals surface area (Å²) >= 11 is 0. The molecule has 3 rings (SSSR count). The van der Waals surface area contributed by atoms with E-state index in [9.17, 15) is 4.79 Å². The van der Waals surface area contributed by atoms with Crippen LogP contribution in [0.2, 0.25) is 0 Å². The smallest absolute Gasteiger partial charge is 0.317 e. The lowest BCUT2D eigenvalue weighted by molar-refractivity contribution is 0.0531. The molecule has 1 aliphatic heterocycles. The number of aromatic nitrogens is 2. The summed E-state index contributed by atoms with van der Waals surface area (Å²) in [5.41, 5.74) is 1.79. The summed E-state index contributed by atoms with van der Waals surface area (Å²) in [4.78, 5) is 13.8. The molecule has 0 spiro atoms. The Morgan fingerprint density at radius 3 is 2.91 bits per heavy atom. The number of hydrogen-bond acceptors (Lipinski definition) is 4. The predicted molar refractivity (Wildman–Crippen MR) is 84.7 cm³/mol. The zero-order valence-corrected chi connectivity index (χ0v) is 13.1. The Hall–Kier alpha value is -2.54. The molecule has 0 unspecified atom stereocenters. The van der Waals surface area contributed by atoms with Crippen LogP contribution in [-0.2, 0) is 11.3 Å². The molecule has 122 valence electrons. The van der Waals surface area contributed by atoms with Gasteiger partial charge in [-0.25, -0.2) is 9.48 Å². The fraction of sp³-hybridized carbons (Fsp3) is 0.375. The third kappa shape index (κ3) is 3.62. The highest BCUT2D eigenvalue weighted by atomic mass is 16.5. The lowest BCUT2D eigenvalue weighted by atomic mass is 10.3. The van der Waals surface area contributed by atoms with Gasteiger partial charge in [0.25, 0.3) is 0 Å². The molecule has 7 heteroatoms. The van der Waals surface area contributed by atoms with E-state index < -0.39 is 0 Å². The van der Waals surface area contributed by atoms with Crippen LogP contribution in [0.5, 0.6) is 5.75 Å². The van der Waals surface area contributed by atoms with Gasteiger partial charge in [-0.05, 0) is 12.1 Å². The largest absolute Gasteiger partial charge is 0.494 e. The summed E-state index contributed by atoms with van der Waals surface area (Å²) in [6.45, 7) is 2.89. The Bertz CT molecular complexity index is 665. The number of ether oxygens (including phenoxy) is 2. The molecule has 1 aromatic heterocycles. The average Bonchev–Trinajstić information content (AvgIpc) is 3.09. The van der Waals surface area contributed by atoms with Crippen molar-refractivity contribution in [1.82, 2.24) is 20.0 Å². The third-order valence-corrected chi connectivity index (χ3v) is 3.71. The van der Waals surface area contributed by atoms with Crippen LogP contribution in [0.3, 0.4) is 0 Å². The fourth-order valence-electron chi connectivity index (χ4n) is 2.46. The lowest BCUT2D eigenvalue weighted by Gasteiger charge is -2.26. The van der Waals surface area contributed by atoms with Crippen molar-refractivity contribution in [3.63, 3.8) is 0 Å². The molecule has 1 fully saturated rings. The zero-order chi connectivity index (χ0) is 16.1. The topological polar surface area (TPSA) is 68.6 Å². The Kier molecular flexibility index (Phi) is 4.77. The van der Waals surface area contributed by atoms with Crippen LogP contribution in [-0.4, -0.2) is 54.1 Å². The second-order valence-corrected chi connectivity index (χ2v) is 5.22. The molecular formula is C16H20N4O3. The summed E-state index contributed by atoms with van der Waals surface area (Å²) in [6, 6.07) is 7.59. The van der Waals surface area contributed by atoms with Crippen LogP contribution in [0, 0.1) is 0 Å². The Morgan fingerprint density at radius 2 is 2.13 bits per heavy atom. The van der Waals surface area contributed by atoms with Gasteiger partial charge in [-0.2, -0.15) is 5.10 Å². The van der Waals surface area contributed by atoms with Crippen molar-refractivity contribution < 1.29 is 14.3 Å². The molecule has 1 saturated heterocycles. The van der Waals surface area contributed by atoms with Crippen LogP contribution in [0.1, 0.15) is 5.56 Å². The number of para-hydroxylation sites is 2.